The second-order valence-corrected chi connectivity index (χ2v) is 7.48. The molecule has 1 amide bonds. The summed E-state index contributed by atoms with van der Waals surface area (Å²) in [6.45, 7) is 1.97. The molecule has 5 heteroatoms. The summed E-state index contributed by atoms with van der Waals surface area (Å²) < 4.78 is 1.01. The lowest BCUT2D eigenvalue weighted by Gasteiger charge is -2.16. The van der Waals surface area contributed by atoms with Crippen LogP contribution in [0.1, 0.15) is 28.9 Å². The molecule has 0 bridgehead atoms. The number of hydrogen-bond donors (Lipinski definition) is 1. The zero-order chi connectivity index (χ0) is 19.5. The number of carbonyl (C=O) groups excluding carboxylic acids is 1. The zero-order valence-electron chi connectivity index (χ0n) is 15.3. The molecule has 2 aromatic heterocycles. The van der Waals surface area contributed by atoms with Gasteiger partial charge in [-0.15, -0.1) is 0 Å². The summed E-state index contributed by atoms with van der Waals surface area (Å²) in [5.41, 5.74) is 4.09. The Kier molecular flexibility index (Phi) is 5.17. The van der Waals surface area contributed by atoms with E-state index in [1.807, 2.05) is 73.7 Å². The molecule has 0 spiro atoms. The van der Waals surface area contributed by atoms with Gasteiger partial charge < -0.3 is 5.32 Å². The average Bonchev–Trinajstić information content (AvgIpc) is 2.74. The van der Waals surface area contributed by atoms with E-state index in [4.69, 9.17) is 4.98 Å². The smallest absolute Gasteiger partial charge is 0.252 e. The quantitative estimate of drug-likeness (QED) is 0.460. The number of amides is 1. The highest BCUT2D eigenvalue weighted by Gasteiger charge is 2.17. The molecule has 4 aromatic rings. The Hall–Kier alpha value is -3.05. The summed E-state index contributed by atoms with van der Waals surface area (Å²) in [6, 6.07) is 21.3. The Morgan fingerprint density at radius 1 is 1.04 bits per heavy atom. The number of aromatic nitrogens is 2. The van der Waals surface area contributed by atoms with Gasteiger partial charge in [0.15, 0.2) is 0 Å². The third-order valence-corrected chi connectivity index (χ3v) is 5.17. The first kappa shape index (κ1) is 18.3. The van der Waals surface area contributed by atoms with Crippen LogP contribution in [0, 0.1) is 0 Å². The molecule has 4 rings (SSSR count). The van der Waals surface area contributed by atoms with Gasteiger partial charge in [-0.2, -0.15) is 0 Å². The Morgan fingerprint density at radius 2 is 1.79 bits per heavy atom. The number of nitrogens with zero attached hydrogens (tertiary/aromatic N) is 2. The SMILES string of the molecule is CC(NC(=O)c1cc(-c2ccccc2)nc2ccncc12)c1ccc(Br)cc1. The molecule has 1 N–H and O–H groups in total. The molecule has 0 fully saturated rings. The minimum absolute atomic E-state index is 0.124. The van der Waals surface area contributed by atoms with Crippen molar-refractivity contribution in [2.75, 3.05) is 0 Å². The van der Waals surface area contributed by atoms with E-state index >= 15 is 0 Å². The van der Waals surface area contributed by atoms with E-state index in [2.05, 4.69) is 26.2 Å². The second-order valence-electron chi connectivity index (χ2n) is 6.56. The lowest BCUT2D eigenvalue weighted by Crippen LogP contribution is -2.27. The van der Waals surface area contributed by atoms with E-state index in [1.54, 1.807) is 12.4 Å². The van der Waals surface area contributed by atoms with E-state index in [0.717, 1.165) is 32.2 Å². The van der Waals surface area contributed by atoms with Crippen LogP contribution >= 0.6 is 15.9 Å². The molecule has 2 aromatic carbocycles. The van der Waals surface area contributed by atoms with Crippen molar-refractivity contribution in [3.05, 3.63) is 94.7 Å². The summed E-state index contributed by atoms with van der Waals surface area (Å²) in [5, 5.41) is 3.83. The maximum Gasteiger partial charge on any atom is 0.252 e. The third kappa shape index (κ3) is 3.80. The molecule has 28 heavy (non-hydrogen) atoms. The van der Waals surface area contributed by atoms with E-state index in [1.165, 1.54) is 0 Å². The van der Waals surface area contributed by atoms with E-state index in [0.29, 0.717) is 5.56 Å². The van der Waals surface area contributed by atoms with Crippen LogP contribution in [-0.2, 0) is 0 Å². The number of pyridine rings is 2. The normalized spacial score (nSPS) is 11.9. The maximum atomic E-state index is 13.1. The second kappa shape index (κ2) is 7.90. The lowest BCUT2D eigenvalue weighted by atomic mass is 10.0. The number of nitrogens with one attached hydrogen (secondary N) is 1. The molecule has 0 aliphatic heterocycles. The van der Waals surface area contributed by atoms with Crippen molar-refractivity contribution >= 4 is 32.7 Å². The van der Waals surface area contributed by atoms with E-state index in [9.17, 15) is 4.79 Å². The Balaban J connectivity index is 1.72. The number of fused-ring (bicyclic) bond motifs is 1. The van der Waals surface area contributed by atoms with Gasteiger partial charge in [0, 0.05) is 27.8 Å². The van der Waals surface area contributed by atoms with Gasteiger partial charge in [-0.05, 0) is 36.8 Å². The fourth-order valence-corrected chi connectivity index (χ4v) is 3.39. The van der Waals surface area contributed by atoms with Crippen LogP contribution in [0.3, 0.4) is 0 Å². The fraction of sp³-hybridized carbons (Fsp3) is 0.0870. The third-order valence-electron chi connectivity index (χ3n) is 4.64. The molecule has 1 unspecified atom stereocenters. The van der Waals surface area contributed by atoms with Crippen molar-refractivity contribution in [1.29, 1.82) is 0 Å². The molecule has 2 heterocycles. The first-order chi connectivity index (χ1) is 13.6. The Labute approximate surface area is 171 Å². The maximum absolute atomic E-state index is 13.1. The zero-order valence-corrected chi connectivity index (χ0v) is 16.8. The number of halogens is 1. The first-order valence-electron chi connectivity index (χ1n) is 8.98. The van der Waals surface area contributed by atoms with Gasteiger partial charge >= 0.3 is 0 Å². The lowest BCUT2D eigenvalue weighted by molar-refractivity contribution is 0.0941. The predicted octanol–water partition coefficient (Wildman–Crippen LogP) is 5.55. The largest absolute Gasteiger partial charge is 0.345 e. The standard InChI is InChI=1S/C23H18BrN3O/c1-15(16-7-9-18(24)10-8-16)26-23(28)19-13-22(17-5-3-2-4-6-17)27-21-11-12-25-14-20(19)21/h2-15H,1H3,(H,26,28). The van der Waals surface area contributed by atoms with E-state index < -0.39 is 0 Å². The van der Waals surface area contributed by atoms with E-state index in [-0.39, 0.29) is 11.9 Å². The molecule has 0 saturated carbocycles. The predicted molar refractivity (Wildman–Crippen MR) is 115 cm³/mol. The van der Waals surface area contributed by atoms with Crippen LogP contribution in [0.5, 0.6) is 0 Å². The van der Waals surface area contributed by atoms with Gasteiger partial charge in [-0.1, -0.05) is 58.4 Å². The first-order valence-corrected chi connectivity index (χ1v) is 9.77. The minimum Gasteiger partial charge on any atom is -0.345 e. The fourth-order valence-electron chi connectivity index (χ4n) is 3.12. The van der Waals surface area contributed by atoms with Crippen LogP contribution in [0.2, 0.25) is 0 Å². The minimum atomic E-state index is -0.145. The van der Waals surface area contributed by atoms with Gasteiger partial charge in [-0.25, -0.2) is 4.98 Å². The summed E-state index contributed by atoms with van der Waals surface area (Å²) >= 11 is 3.44. The van der Waals surface area contributed by atoms with Gasteiger partial charge in [0.05, 0.1) is 22.8 Å². The van der Waals surface area contributed by atoms with Crippen LogP contribution < -0.4 is 5.32 Å². The molecular formula is C23H18BrN3O. The monoisotopic (exact) mass is 431 g/mol. The Morgan fingerprint density at radius 3 is 2.54 bits per heavy atom. The highest BCUT2D eigenvalue weighted by Crippen LogP contribution is 2.25. The molecule has 0 aliphatic carbocycles. The average molecular weight is 432 g/mol. The highest BCUT2D eigenvalue weighted by atomic mass is 79.9. The summed E-state index contributed by atoms with van der Waals surface area (Å²) in [4.78, 5) is 22.0. The van der Waals surface area contributed by atoms with Crippen molar-refractivity contribution in [1.82, 2.24) is 15.3 Å². The van der Waals surface area contributed by atoms with Crippen LogP contribution in [0.25, 0.3) is 22.2 Å². The summed E-state index contributed by atoms with van der Waals surface area (Å²) in [6.07, 6.45) is 3.38. The van der Waals surface area contributed by atoms with Crippen LogP contribution in [-0.4, -0.2) is 15.9 Å². The number of carbonyl (C=O) groups is 1. The van der Waals surface area contributed by atoms with Crippen LogP contribution in [0.15, 0.2) is 83.6 Å². The molecule has 0 saturated heterocycles. The van der Waals surface area contributed by atoms with Crippen molar-refractivity contribution in [3.8, 4) is 11.3 Å². The molecule has 0 radical (unpaired) electrons. The molecule has 138 valence electrons. The molecule has 0 aliphatic rings. The number of hydrogen-bond acceptors (Lipinski definition) is 3. The van der Waals surface area contributed by atoms with Gasteiger partial charge in [0.2, 0.25) is 0 Å². The van der Waals surface area contributed by atoms with Crippen molar-refractivity contribution in [3.63, 3.8) is 0 Å². The topological polar surface area (TPSA) is 54.9 Å². The van der Waals surface area contributed by atoms with Gasteiger partial charge in [0.25, 0.3) is 5.91 Å². The summed E-state index contributed by atoms with van der Waals surface area (Å²) in [7, 11) is 0. The molecule has 4 nitrogen and oxygen atoms in total. The Bertz CT molecular complexity index is 1130. The number of rotatable bonds is 4. The van der Waals surface area contributed by atoms with Crippen molar-refractivity contribution in [2.45, 2.75) is 13.0 Å². The van der Waals surface area contributed by atoms with Crippen molar-refractivity contribution in [2.24, 2.45) is 0 Å². The molecule has 1 atom stereocenters. The van der Waals surface area contributed by atoms with Crippen molar-refractivity contribution < 1.29 is 4.79 Å². The number of benzene rings is 2. The molecular weight excluding hydrogens is 414 g/mol. The van der Waals surface area contributed by atoms with Gasteiger partial charge in [0.1, 0.15) is 0 Å². The highest BCUT2D eigenvalue weighted by molar-refractivity contribution is 9.10. The van der Waals surface area contributed by atoms with Gasteiger partial charge in [-0.3, -0.25) is 9.78 Å². The summed E-state index contributed by atoms with van der Waals surface area (Å²) in [5.74, 6) is -0.145. The van der Waals surface area contributed by atoms with Crippen LogP contribution in [0.4, 0.5) is 0 Å².